The zero-order valence-corrected chi connectivity index (χ0v) is 21.5. The van der Waals surface area contributed by atoms with Gasteiger partial charge in [-0.15, -0.1) is 5.06 Å². The molecule has 0 radical (unpaired) electrons. The normalized spacial score (nSPS) is 17.8. The first-order valence-corrected chi connectivity index (χ1v) is 12.9. The summed E-state index contributed by atoms with van der Waals surface area (Å²) in [5.74, 6) is -3.21. The van der Waals surface area contributed by atoms with Crippen LogP contribution in [0.25, 0.3) is 0 Å². The molecule has 38 heavy (non-hydrogen) atoms. The molecule has 0 aromatic heterocycles. The van der Waals surface area contributed by atoms with Gasteiger partial charge in [-0.05, 0) is 50.0 Å². The van der Waals surface area contributed by atoms with Crippen molar-refractivity contribution in [1.29, 1.82) is 5.41 Å². The Morgan fingerprint density at radius 2 is 1.71 bits per heavy atom. The summed E-state index contributed by atoms with van der Waals surface area (Å²) in [4.78, 5) is 44.7. The molecule has 1 atom stereocenters. The van der Waals surface area contributed by atoms with Crippen molar-refractivity contribution in [3.8, 4) is 0 Å². The summed E-state index contributed by atoms with van der Waals surface area (Å²) in [6, 6.07) is 7.02. The largest absolute Gasteiger partial charge is 0.493 e. The summed E-state index contributed by atoms with van der Waals surface area (Å²) >= 11 is 0. The minimum atomic E-state index is -5.37. The summed E-state index contributed by atoms with van der Waals surface area (Å²) in [6.45, 7) is 3.04. The Morgan fingerprint density at radius 1 is 1.08 bits per heavy atom. The Hall–Kier alpha value is -3.31. The molecule has 1 aliphatic heterocycles. The topological polar surface area (TPSA) is 112 Å². The number of benzene rings is 1. The lowest BCUT2D eigenvalue weighted by molar-refractivity contribution is -0.239. The number of alkyl halides is 3. The maximum Gasteiger partial charge on any atom is 0.493 e. The number of nitrogens with zero attached hydrogens (tertiary/aromatic N) is 2. The van der Waals surface area contributed by atoms with Gasteiger partial charge < -0.3 is 19.8 Å². The third-order valence-electron chi connectivity index (χ3n) is 7.07. The Bertz CT molecular complexity index is 961. The second-order valence-electron chi connectivity index (χ2n) is 9.85. The summed E-state index contributed by atoms with van der Waals surface area (Å²) in [7, 11) is 0. The van der Waals surface area contributed by atoms with Crippen LogP contribution in [0, 0.1) is 17.2 Å². The number of carbonyl (C=O) groups excluding carboxylic acids is 3. The fourth-order valence-electron chi connectivity index (χ4n) is 4.92. The number of piperidine rings is 1. The predicted molar refractivity (Wildman–Crippen MR) is 132 cm³/mol. The van der Waals surface area contributed by atoms with E-state index in [0.29, 0.717) is 37.3 Å². The molecule has 0 unspecified atom stereocenters. The molecule has 2 N–H and O–H groups in total. The van der Waals surface area contributed by atoms with E-state index in [-0.39, 0.29) is 24.1 Å². The van der Waals surface area contributed by atoms with Crippen LogP contribution in [0.2, 0.25) is 0 Å². The Labute approximate surface area is 220 Å². The van der Waals surface area contributed by atoms with Gasteiger partial charge in [0.25, 0.3) is 0 Å². The zero-order valence-electron chi connectivity index (χ0n) is 21.5. The Morgan fingerprint density at radius 3 is 2.29 bits per heavy atom. The van der Waals surface area contributed by atoms with Crippen molar-refractivity contribution >= 4 is 23.8 Å². The number of hydrogen-bond donors (Lipinski definition) is 2. The van der Waals surface area contributed by atoms with Gasteiger partial charge in [0, 0.05) is 19.6 Å². The van der Waals surface area contributed by atoms with E-state index in [1.807, 2.05) is 4.90 Å². The standard InChI is InChI=1S/C26H35F3N4O5/c1-18(30)32-14-12-19(13-15-32)16-31-23(34)22(21-10-6-3-7-11-21)33(38-24(35)26(27,28)29)25(36)37-17-20-8-4-2-5-9-20/h2,4-5,8-9,19,21-22,30H,3,6-7,10-17H2,1H3,(H,31,34)/t22-/m0/s1. The number of nitrogens with one attached hydrogen (secondary N) is 2. The SMILES string of the molecule is CC(=N)N1CCC(CNC(=O)[C@H](C2CCCCC2)N(OC(=O)C(F)(F)F)C(=O)OCc2ccccc2)CC1. The summed E-state index contributed by atoms with van der Waals surface area (Å²) in [5.41, 5.74) is 0.577. The molecular weight excluding hydrogens is 505 g/mol. The van der Waals surface area contributed by atoms with Gasteiger partial charge in [-0.3, -0.25) is 10.2 Å². The van der Waals surface area contributed by atoms with E-state index >= 15 is 0 Å². The van der Waals surface area contributed by atoms with Crippen LogP contribution >= 0.6 is 0 Å². The average molecular weight is 541 g/mol. The van der Waals surface area contributed by atoms with Crippen molar-refractivity contribution in [2.45, 2.75) is 70.7 Å². The van der Waals surface area contributed by atoms with Crippen LogP contribution in [0.15, 0.2) is 30.3 Å². The third kappa shape index (κ3) is 8.35. The molecule has 9 nitrogen and oxygen atoms in total. The first kappa shape index (κ1) is 29.2. The van der Waals surface area contributed by atoms with Gasteiger partial charge in [0.1, 0.15) is 6.61 Å². The molecule has 2 aliphatic rings. The van der Waals surface area contributed by atoms with Crippen LogP contribution in [0.3, 0.4) is 0 Å². The van der Waals surface area contributed by atoms with Gasteiger partial charge in [0.15, 0.2) is 6.04 Å². The number of likely N-dealkylation sites (tertiary alicyclic amines) is 1. The van der Waals surface area contributed by atoms with Crippen molar-refractivity contribution in [2.24, 2.45) is 11.8 Å². The van der Waals surface area contributed by atoms with Crippen molar-refractivity contribution in [3.63, 3.8) is 0 Å². The highest BCUT2D eigenvalue weighted by atomic mass is 19.4. The van der Waals surface area contributed by atoms with Crippen LogP contribution in [-0.4, -0.2) is 65.6 Å². The highest BCUT2D eigenvalue weighted by molar-refractivity contribution is 5.87. The Balaban J connectivity index is 1.77. The van der Waals surface area contributed by atoms with Crippen molar-refractivity contribution in [3.05, 3.63) is 35.9 Å². The molecule has 1 saturated carbocycles. The van der Waals surface area contributed by atoms with Crippen molar-refractivity contribution in [2.75, 3.05) is 19.6 Å². The predicted octanol–water partition coefficient (Wildman–Crippen LogP) is 4.42. The minimum Gasteiger partial charge on any atom is -0.442 e. The molecule has 1 aromatic carbocycles. The second-order valence-corrected chi connectivity index (χ2v) is 9.85. The van der Waals surface area contributed by atoms with E-state index in [1.54, 1.807) is 37.3 Å². The second kappa shape index (κ2) is 13.5. The van der Waals surface area contributed by atoms with Gasteiger partial charge in [-0.1, -0.05) is 49.6 Å². The van der Waals surface area contributed by atoms with Gasteiger partial charge in [-0.25, -0.2) is 9.59 Å². The molecule has 1 aliphatic carbocycles. The fraction of sp³-hybridized carbons (Fsp3) is 0.615. The molecule has 2 amide bonds. The van der Waals surface area contributed by atoms with Gasteiger partial charge in [0.2, 0.25) is 5.91 Å². The lowest BCUT2D eigenvalue weighted by Crippen LogP contribution is -2.56. The van der Waals surface area contributed by atoms with E-state index in [2.05, 4.69) is 10.2 Å². The fourth-order valence-corrected chi connectivity index (χ4v) is 4.92. The first-order chi connectivity index (χ1) is 18.1. The van der Waals surface area contributed by atoms with Crippen LogP contribution < -0.4 is 5.32 Å². The monoisotopic (exact) mass is 540 g/mol. The summed E-state index contributed by atoms with van der Waals surface area (Å²) in [6.07, 6.45) is -1.91. The lowest BCUT2D eigenvalue weighted by Gasteiger charge is -2.36. The smallest absolute Gasteiger partial charge is 0.442 e. The highest BCUT2D eigenvalue weighted by Crippen LogP contribution is 2.31. The van der Waals surface area contributed by atoms with E-state index in [1.165, 1.54) is 0 Å². The number of carbonyl (C=O) groups is 3. The Kier molecular flexibility index (Phi) is 10.4. The van der Waals surface area contributed by atoms with E-state index in [0.717, 1.165) is 32.1 Å². The quantitative estimate of drug-likeness (QED) is 0.301. The molecule has 210 valence electrons. The molecule has 2 fully saturated rings. The number of hydroxylamine groups is 2. The molecule has 0 spiro atoms. The first-order valence-electron chi connectivity index (χ1n) is 12.9. The summed E-state index contributed by atoms with van der Waals surface area (Å²) in [5, 5.41) is 10.7. The number of rotatable bonds is 7. The maximum atomic E-state index is 13.4. The average Bonchev–Trinajstić information content (AvgIpc) is 2.91. The van der Waals surface area contributed by atoms with Crippen molar-refractivity contribution in [1.82, 2.24) is 15.3 Å². The van der Waals surface area contributed by atoms with Gasteiger partial charge >= 0.3 is 18.2 Å². The molecule has 1 heterocycles. The van der Waals surface area contributed by atoms with E-state index < -0.39 is 36.1 Å². The molecule has 1 aromatic rings. The van der Waals surface area contributed by atoms with Crippen LogP contribution in [0.5, 0.6) is 0 Å². The van der Waals surface area contributed by atoms with Gasteiger partial charge in [0.05, 0.1) is 5.84 Å². The molecule has 3 rings (SSSR count). The molecule has 0 bridgehead atoms. The zero-order chi connectivity index (χ0) is 27.7. The number of amidine groups is 1. The molecular formula is C26H35F3N4O5. The van der Waals surface area contributed by atoms with Crippen LogP contribution in [0.1, 0.15) is 57.4 Å². The van der Waals surface area contributed by atoms with Crippen LogP contribution in [-0.2, 0) is 25.8 Å². The maximum absolute atomic E-state index is 13.4. The third-order valence-corrected chi connectivity index (χ3v) is 7.07. The molecule has 1 saturated heterocycles. The lowest BCUT2D eigenvalue weighted by atomic mass is 9.83. The number of ether oxygens (including phenoxy) is 1. The van der Waals surface area contributed by atoms with Crippen molar-refractivity contribution < 1.29 is 37.1 Å². The number of halogens is 3. The van der Waals surface area contributed by atoms with Crippen LogP contribution in [0.4, 0.5) is 18.0 Å². The number of amides is 2. The van der Waals surface area contributed by atoms with Gasteiger partial charge in [-0.2, -0.15) is 13.2 Å². The highest BCUT2D eigenvalue weighted by Gasteiger charge is 2.47. The van der Waals surface area contributed by atoms with E-state index in [4.69, 9.17) is 10.1 Å². The molecule has 12 heteroatoms. The summed E-state index contributed by atoms with van der Waals surface area (Å²) < 4.78 is 44.6. The van der Waals surface area contributed by atoms with E-state index in [9.17, 15) is 27.6 Å². The minimum absolute atomic E-state index is 0.109. The number of hydrogen-bond acceptors (Lipinski definition) is 6.